The van der Waals surface area contributed by atoms with E-state index >= 15 is 0 Å². The van der Waals surface area contributed by atoms with Crippen molar-refractivity contribution in [1.82, 2.24) is 10.6 Å². The standard InChI is InChI=1S/C14H11N3O3/c15-8-10-6-4-9(5-7-10)2-1-3-11-12(18)16-14(20)17-13(11)19/h1-7,14,20H,(H,16,18)(H,17,19)/b2-1+,11-3?. The summed E-state index contributed by atoms with van der Waals surface area (Å²) in [5, 5.41) is 22.1. The van der Waals surface area contributed by atoms with Gasteiger partial charge in [0.1, 0.15) is 5.57 Å². The van der Waals surface area contributed by atoms with Gasteiger partial charge in [-0.05, 0) is 23.8 Å². The average Bonchev–Trinajstić information content (AvgIpc) is 2.42. The third-order valence-corrected chi connectivity index (χ3v) is 2.62. The Balaban J connectivity index is 2.11. The molecule has 3 N–H and O–H groups in total. The highest BCUT2D eigenvalue weighted by Gasteiger charge is 2.26. The second-order valence-corrected chi connectivity index (χ2v) is 4.02. The summed E-state index contributed by atoms with van der Waals surface area (Å²) >= 11 is 0. The van der Waals surface area contributed by atoms with Crippen molar-refractivity contribution in [3.63, 3.8) is 0 Å². The van der Waals surface area contributed by atoms with E-state index < -0.39 is 18.2 Å². The van der Waals surface area contributed by atoms with Crippen molar-refractivity contribution in [2.24, 2.45) is 0 Å². The Bertz CT molecular complexity index is 619. The number of nitriles is 1. The Hall–Kier alpha value is -2.91. The minimum Gasteiger partial charge on any atom is -0.356 e. The number of carbonyl (C=O) groups excluding carboxylic acids is 2. The van der Waals surface area contributed by atoms with Crippen molar-refractivity contribution in [2.75, 3.05) is 0 Å². The lowest BCUT2D eigenvalue weighted by Gasteiger charge is -2.20. The molecule has 0 aliphatic carbocycles. The monoisotopic (exact) mass is 269 g/mol. The summed E-state index contributed by atoms with van der Waals surface area (Å²) in [6.45, 7) is 0. The summed E-state index contributed by atoms with van der Waals surface area (Å²) in [6, 6.07) is 8.85. The van der Waals surface area contributed by atoms with E-state index in [1.165, 1.54) is 6.08 Å². The fourth-order valence-corrected chi connectivity index (χ4v) is 1.62. The van der Waals surface area contributed by atoms with Gasteiger partial charge in [0.2, 0.25) is 6.35 Å². The van der Waals surface area contributed by atoms with E-state index in [2.05, 4.69) is 10.6 Å². The molecule has 1 aromatic rings. The van der Waals surface area contributed by atoms with Crippen molar-refractivity contribution in [3.05, 3.63) is 53.1 Å². The number of rotatable bonds is 2. The average molecular weight is 269 g/mol. The van der Waals surface area contributed by atoms with Gasteiger partial charge in [0.05, 0.1) is 11.6 Å². The van der Waals surface area contributed by atoms with Gasteiger partial charge >= 0.3 is 0 Å². The number of hydrogen-bond donors (Lipinski definition) is 3. The van der Waals surface area contributed by atoms with Gasteiger partial charge in [-0.3, -0.25) is 9.59 Å². The molecule has 0 bridgehead atoms. The molecule has 0 saturated carbocycles. The largest absolute Gasteiger partial charge is 0.356 e. The van der Waals surface area contributed by atoms with Crippen LogP contribution in [0, 0.1) is 11.3 Å². The highest BCUT2D eigenvalue weighted by Crippen LogP contribution is 2.07. The Morgan fingerprint density at radius 1 is 1.15 bits per heavy atom. The SMILES string of the molecule is N#Cc1ccc(/C=C/C=C2C(=O)NC(O)NC2=O)cc1. The second kappa shape index (κ2) is 5.82. The zero-order valence-corrected chi connectivity index (χ0v) is 10.3. The molecule has 2 amide bonds. The molecule has 100 valence electrons. The zero-order chi connectivity index (χ0) is 14.5. The first-order valence-corrected chi connectivity index (χ1v) is 5.78. The Labute approximate surface area is 115 Å². The van der Waals surface area contributed by atoms with Gasteiger partial charge in [-0.15, -0.1) is 0 Å². The smallest absolute Gasteiger partial charge is 0.260 e. The van der Waals surface area contributed by atoms with Crippen molar-refractivity contribution in [3.8, 4) is 6.07 Å². The van der Waals surface area contributed by atoms with Crippen LogP contribution in [-0.4, -0.2) is 23.3 Å². The van der Waals surface area contributed by atoms with Crippen molar-refractivity contribution >= 4 is 17.9 Å². The number of aliphatic hydroxyl groups is 1. The third kappa shape index (κ3) is 3.10. The number of aliphatic hydroxyl groups excluding tert-OH is 1. The van der Waals surface area contributed by atoms with Crippen molar-refractivity contribution in [2.45, 2.75) is 6.35 Å². The minimum absolute atomic E-state index is 0.0832. The fourth-order valence-electron chi connectivity index (χ4n) is 1.62. The Morgan fingerprint density at radius 2 is 1.75 bits per heavy atom. The van der Waals surface area contributed by atoms with Crippen molar-refractivity contribution < 1.29 is 14.7 Å². The first kappa shape index (κ1) is 13.5. The van der Waals surface area contributed by atoms with Gasteiger partial charge in [0.15, 0.2) is 0 Å². The number of carbonyl (C=O) groups is 2. The maximum absolute atomic E-state index is 11.5. The van der Waals surface area contributed by atoms with E-state index in [4.69, 9.17) is 10.4 Å². The molecular formula is C14H11N3O3. The van der Waals surface area contributed by atoms with Crippen LogP contribution < -0.4 is 10.6 Å². The first-order valence-electron chi connectivity index (χ1n) is 5.78. The molecule has 0 aromatic heterocycles. The minimum atomic E-state index is -1.35. The fraction of sp³-hybridized carbons (Fsp3) is 0.0714. The van der Waals surface area contributed by atoms with E-state index in [9.17, 15) is 9.59 Å². The lowest BCUT2D eigenvalue weighted by atomic mass is 10.1. The number of benzene rings is 1. The normalized spacial score (nSPS) is 18.4. The van der Waals surface area contributed by atoms with E-state index in [0.717, 1.165) is 5.56 Å². The predicted octanol–water partition coefficient (Wildman–Crippen LogP) is 0.0198. The molecule has 1 fully saturated rings. The van der Waals surface area contributed by atoms with E-state index in [0.29, 0.717) is 5.56 Å². The lowest BCUT2D eigenvalue weighted by molar-refractivity contribution is -0.132. The number of allylic oxidation sites excluding steroid dienone is 2. The van der Waals surface area contributed by atoms with Crippen LogP contribution >= 0.6 is 0 Å². The number of hydrogen-bond acceptors (Lipinski definition) is 4. The topological polar surface area (TPSA) is 102 Å². The van der Waals surface area contributed by atoms with E-state index in [1.54, 1.807) is 36.4 Å². The third-order valence-electron chi connectivity index (χ3n) is 2.62. The first-order chi connectivity index (χ1) is 9.60. The molecule has 0 atom stereocenters. The van der Waals surface area contributed by atoms with Gasteiger partial charge in [-0.25, -0.2) is 0 Å². The molecule has 6 nitrogen and oxygen atoms in total. The number of nitrogens with one attached hydrogen (secondary N) is 2. The number of amides is 2. The molecule has 0 unspecified atom stereocenters. The van der Waals surface area contributed by atoms with Gasteiger partial charge in [-0.2, -0.15) is 5.26 Å². The van der Waals surface area contributed by atoms with E-state index in [1.807, 2.05) is 6.07 Å². The molecule has 1 heterocycles. The molecule has 1 aliphatic heterocycles. The molecular weight excluding hydrogens is 258 g/mol. The van der Waals surface area contributed by atoms with Crippen molar-refractivity contribution in [1.29, 1.82) is 5.26 Å². The molecule has 1 saturated heterocycles. The second-order valence-electron chi connectivity index (χ2n) is 4.02. The van der Waals surface area contributed by atoms with Gasteiger partial charge in [-0.1, -0.05) is 24.3 Å². The highest BCUT2D eigenvalue weighted by atomic mass is 16.3. The predicted molar refractivity (Wildman–Crippen MR) is 70.6 cm³/mol. The zero-order valence-electron chi connectivity index (χ0n) is 10.3. The summed E-state index contributed by atoms with van der Waals surface area (Å²) in [5.74, 6) is -1.27. The van der Waals surface area contributed by atoms with Crippen LogP contribution in [0.2, 0.25) is 0 Å². The summed E-state index contributed by atoms with van der Waals surface area (Å²) in [7, 11) is 0. The maximum Gasteiger partial charge on any atom is 0.260 e. The van der Waals surface area contributed by atoms with Gasteiger partial charge < -0.3 is 15.7 Å². The van der Waals surface area contributed by atoms with Crippen LogP contribution in [0.4, 0.5) is 0 Å². The molecule has 1 aliphatic rings. The summed E-state index contributed by atoms with van der Waals surface area (Å²) in [4.78, 5) is 22.9. The van der Waals surface area contributed by atoms with Crippen LogP contribution in [0.15, 0.2) is 42.0 Å². The summed E-state index contributed by atoms with van der Waals surface area (Å²) in [6.07, 6.45) is 3.25. The van der Waals surface area contributed by atoms with Crippen LogP contribution in [-0.2, 0) is 9.59 Å². The molecule has 0 spiro atoms. The van der Waals surface area contributed by atoms with Crippen LogP contribution in [0.1, 0.15) is 11.1 Å². The maximum atomic E-state index is 11.5. The van der Waals surface area contributed by atoms with E-state index in [-0.39, 0.29) is 5.57 Å². The highest BCUT2D eigenvalue weighted by molar-refractivity contribution is 6.20. The molecule has 2 rings (SSSR count). The van der Waals surface area contributed by atoms with Crippen LogP contribution in [0.5, 0.6) is 0 Å². The molecule has 20 heavy (non-hydrogen) atoms. The number of nitrogens with zero attached hydrogens (tertiary/aromatic N) is 1. The van der Waals surface area contributed by atoms with Crippen LogP contribution in [0.3, 0.4) is 0 Å². The van der Waals surface area contributed by atoms with Gasteiger partial charge in [0.25, 0.3) is 11.8 Å². The molecule has 1 aromatic carbocycles. The molecule has 0 radical (unpaired) electrons. The Kier molecular flexibility index (Phi) is 3.93. The lowest BCUT2D eigenvalue weighted by Crippen LogP contribution is -2.55. The van der Waals surface area contributed by atoms with Gasteiger partial charge in [0, 0.05) is 0 Å². The quantitative estimate of drug-likeness (QED) is 0.520. The molecule has 6 heteroatoms. The Morgan fingerprint density at radius 3 is 2.30 bits per heavy atom. The van der Waals surface area contributed by atoms with Crippen LogP contribution in [0.25, 0.3) is 6.08 Å². The summed E-state index contributed by atoms with van der Waals surface area (Å²) < 4.78 is 0. The summed E-state index contributed by atoms with van der Waals surface area (Å²) in [5.41, 5.74) is 1.30.